The zero-order valence-electron chi connectivity index (χ0n) is 12.8. The van der Waals surface area contributed by atoms with Crippen LogP contribution >= 0.6 is 11.6 Å². The lowest BCUT2D eigenvalue weighted by atomic mass is 9.99. The van der Waals surface area contributed by atoms with E-state index in [-0.39, 0.29) is 5.91 Å². The number of rotatable bonds is 4. The number of nitrogens with zero attached hydrogens (tertiary/aromatic N) is 1. The van der Waals surface area contributed by atoms with Crippen molar-refractivity contribution in [2.75, 3.05) is 0 Å². The third kappa shape index (κ3) is 2.59. The Bertz CT molecular complexity index is 951. The van der Waals surface area contributed by atoms with Gasteiger partial charge in [-0.3, -0.25) is 9.78 Å². The third-order valence-electron chi connectivity index (χ3n) is 4.44. The highest BCUT2D eigenvalue weighted by Gasteiger charge is 2.51. The smallest absolute Gasteiger partial charge is 0.229 e. The monoisotopic (exact) mass is 338 g/mol. The molecule has 0 aliphatic heterocycles. The van der Waals surface area contributed by atoms with Crippen LogP contribution in [0.25, 0.3) is 10.8 Å². The van der Waals surface area contributed by atoms with E-state index in [1.165, 1.54) is 0 Å². The number of benzene rings is 2. The van der Waals surface area contributed by atoms with Crippen LogP contribution in [0.4, 0.5) is 0 Å². The van der Waals surface area contributed by atoms with Gasteiger partial charge in [-0.2, -0.15) is 0 Å². The van der Waals surface area contributed by atoms with Crippen molar-refractivity contribution < 1.29 is 9.53 Å². The number of carbonyl (C=O) groups is 1. The first kappa shape index (κ1) is 15.0. The minimum absolute atomic E-state index is 0.296. The van der Waals surface area contributed by atoms with Crippen LogP contribution in [0, 0.1) is 0 Å². The second-order valence-electron chi connectivity index (χ2n) is 6.08. The minimum atomic E-state index is -0.565. The molecule has 1 aliphatic rings. The number of fused-ring (bicyclic) bond motifs is 1. The maximum absolute atomic E-state index is 11.7. The highest BCUT2D eigenvalue weighted by molar-refractivity contribution is 6.30. The average molecular weight is 339 g/mol. The van der Waals surface area contributed by atoms with Crippen LogP contribution in [-0.4, -0.2) is 10.9 Å². The van der Waals surface area contributed by atoms with Crippen molar-refractivity contribution in [3.05, 3.63) is 65.4 Å². The van der Waals surface area contributed by atoms with Gasteiger partial charge in [-0.05, 0) is 54.6 Å². The molecule has 4 nitrogen and oxygen atoms in total. The number of hydrogen-bond acceptors (Lipinski definition) is 3. The number of hydrogen-bond donors (Lipinski definition) is 1. The molecule has 2 aromatic carbocycles. The van der Waals surface area contributed by atoms with Gasteiger partial charge >= 0.3 is 0 Å². The topological polar surface area (TPSA) is 65.2 Å². The first-order valence-electron chi connectivity index (χ1n) is 7.70. The molecule has 4 rings (SSSR count). The third-order valence-corrected chi connectivity index (χ3v) is 4.67. The van der Waals surface area contributed by atoms with Crippen molar-refractivity contribution in [3.8, 4) is 11.5 Å². The normalized spacial score (nSPS) is 15.2. The van der Waals surface area contributed by atoms with Crippen LogP contribution in [-0.2, 0) is 10.2 Å². The molecule has 1 aromatic heterocycles. The fourth-order valence-corrected chi connectivity index (χ4v) is 3.05. The molecule has 1 aliphatic carbocycles. The predicted octanol–water partition coefficient (Wildman–Crippen LogP) is 4.20. The maximum atomic E-state index is 11.7. The Kier molecular flexibility index (Phi) is 3.43. The molecule has 1 amide bonds. The van der Waals surface area contributed by atoms with Crippen LogP contribution in [0.3, 0.4) is 0 Å². The summed E-state index contributed by atoms with van der Waals surface area (Å²) in [5, 5.41) is 2.57. The SMILES string of the molecule is NC(=O)C1(c2cc3ccc(Oc4cccc(Cl)c4)cc3cn2)CC1. The Morgan fingerprint density at radius 1 is 1.08 bits per heavy atom. The van der Waals surface area contributed by atoms with E-state index in [0.29, 0.717) is 16.5 Å². The number of amides is 1. The lowest BCUT2D eigenvalue weighted by molar-refractivity contribution is -0.120. The Hall–Kier alpha value is -2.59. The molecular weight excluding hydrogens is 324 g/mol. The predicted molar refractivity (Wildman–Crippen MR) is 93.4 cm³/mol. The Morgan fingerprint density at radius 2 is 1.88 bits per heavy atom. The molecule has 0 saturated heterocycles. The van der Waals surface area contributed by atoms with Gasteiger partial charge in [-0.25, -0.2) is 0 Å². The number of aromatic nitrogens is 1. The molecule has 5 heteroatoms. The van der Waals surface area contributed by atoms with Crippen molar-refractivity contribution in [1.29, 1.82) is 0 Å². The van der Waals surface area contributed by atoms with Gasteiger partial charge < -0.3 is 10.5 Å². The number of carbonyl (C=O) groups excluding carboxylic acids is 1. The highest BCUT2D eigenvalue weighted by atomic mass is 35.5. The molecule has 0 unspecified atom stereocenters. The molecular formula is C19H15ClN2O2. The minimum Gasteiger partial charge on any atom is -0.457 e. The molecule has 1 heterocycles. The fraction of sp³-hybridized carbons (Fsp3) is 0.158. The van der Waals surface area contributed by atoms with Gasteiger partial charge in [-0.15, -0.1) is 0 Å². The number of ether oxygens (including phenoxy) is 1. The van der Waals surface area contributed by atoms with Gasteiger partial charge in [0.2, 0.25) is 5.91 Å². The average Bonchev–Trinajstić information content (AvgIpc) is 3.36. The summed E-state index contributed by atoms with van der Waals surface area (Å²) in [5.41, 5.74) is 5.71. The summed E-state index contributed by atoms with van der Waals surface area (Å²) in [6.45, 7) is 0. The van der Waals surface area contributed by atoms with Crippen molar-refractivity contribution in [2.24, 2.45) is 5.73 Å². The quantitative estimate of drug-likeness (QED) is 0.775. The van der Waals surface area contributed by atoms with Crippen LogP contribution in [0.5, 0.6) is 11.5 Å². The summed E-state index contributed by atoms with van der Waals surface area (Å²) in [7, 11) is 0. The first-order valence-corrected chi connectivity index (χ1v) is 8.08. The van der Waals surface area contributed by atoms with Gasteiger partial charge in [0, 0.05) is 16.6 Å². The molecule has 3 aromatic rings. The van der Waals surface area contributed by atoms with Gasteiger partial charge in [0.05, 0.1) is 11.1 Å². The van der Waals surface area contributed by atoms with Gasteiger partial charge in [0.15, 0.2) is 0 Å². The van der Waals surface area contributed by atoms with Crippen molar-refractivity contribution >= 4 is 28.3 Å². The van der Waals surface area contributed by atoms with Crippen LogP contribution in [0.1, 0.15) is 18.5 Å². The highest BCUT2D eigenvalue weighted by Crippen LogP contribution is 2.47. The summed E-state index contributed by atoms with van der Waals surface area (Å²) >= 11 is 5.97. The van der Waals surface area contributed by atoms with E-state index in [0.717, 1.165) is 29.3 Å². The Labute approximate surface area is 144 Å². The molecule has 0 radical (unpaired) electrons. The van der Waals surface area contributed by atoms with E-state index >= 15 is 0 Å². The largest absolute Gasteiger partial charge is 0.457 e. The standard InChI is InChI=1S/C19H15ClN2O2/c20-14-2-1-3-15(10-14)24-16-5-4-12-9-17(22-11-13(12)8-16)19(6-7-19)18(21)23/h1-5,8-11H,6-7H2,(H2,21,23). The number of nitrogens with two attached hydrogens (primary N) is 1. The fourth-order valence-electron chi connectivity index (χ4n) is 2.87. The van der Waals surface area contributed by atoms with E-state index in [1.54, 1.807) is 18.3 Å². The number of pyridine rings is 1. The zero-order chi connectivity index (χ0) is 16.7. The van der Waals surface area contributed by atoms with Crippen LogP contribution < -0.4 is 10.5 Å². The van der Waals surface area contributed by atoms with Crippen molar-refractivity contribution in [1.82, 2.24) is 4.98 Å². The van der Waals surface area contributed by atoms with Gasteiger partial charge in [0.1, 0.15) is 11.5 Å². The molecule has 1 fully saturated rings. The molecule has 0 atom stereocenters. The van der Waals surface area contributed by atoms with E-state index in [2.05, 4.69) is 4.98 Å². The van der Waals surface area contributed by atoms with Crippen LogP contribution in [0.15, 0.2) is 54.7 Å². The summed E-state index contributed by atoms with van der Waals surface area (Å²) in [6.07, 6.45) is 3.31. The van der Waals surface area contributed by atoms with Gasteiger partial charge in [-0.1, -0.05) is 23.7 Å². The second-order valence-corrected chi connectivity index (χ2v) is 6.52. The maximum Gasteiger partial charge on any atom is 0.229 e. The van der Waals surface area contributed by atoms with E-state index < -0.39 is 5.41 Å². The molecule has 2 N–H and O–H groups in total. The Balaban J connectivity index is 1.66. The number of primary amides is 1. The van der Waals surface area contributed by atoms with E-state index in [4.69, 9.17) is 22.1 Å². The number of halogens is 1. The lowest BCUT2D eigenvalue weighted by Crippen LogP contribution is -2.29. The molecule has 120 valence electrons. The summed E-state index contributed by atoms with van der Waals surface area (Å²) in [4.78, 5) is 16.1. The van der Waals surface area contributed by atoms with Gasteiger partial charge in [0.25, 0.3) is 0 Å². The Morgan fingerprint density at radius 3 is 2.58 bits per heavy atom. The van der Waals surface area contributed by atoms with Crippen LogP contribution in [0.2, 0.25) is 5.02 Å². The zero-order valence-corrected chi connectivity index (χ0v) is 13.6. The summed E-state index contributed by atoms with van der Waals surface area (Å²) < 4.78 is 5.83. The molecule has 1 saturated carbocycles. The lowest BCUT2D eigenvalue weighted by Gasteiger charge is -2.12. The van der Waals surface area contributed by atoms with Crippen molar-refractivity contribution in [3.63, 3.8) is 0 Å². The second kappa shape index (κ2) is 5.49. The first-order chi connectivity index (χ1) is 11.6. The van der Waals surface area contributed by atoms with E-state index in [1.807, 2.05) is 36.4 Å². The molecule has 0 spiro atoms. The summed E-state index contributed by atoms with van der Waals surface area (Å²) in [5.74, 6) is 1.09. The molecule has 0 bridgehead atoms. The van der Waals surface area contributed by atoms with Crippen molar-refractivity contribution in [2.45, 2.75) is 18.3 Å². The molecule has 24 heavy (non-hydrogen) atoms. The summed E-state index contributed by atoms with van der Waals surface area (Å²) in [6, 6.07) is 14.9. The van der Waals surface area contributed by atoms with E-state index in [9.17, 15) is 4.79 Å².